The van der Waals surface area contributed by atoms with Gasteiger partial charge < -0.3 is 15.2 Å². The molecular weight excluding hydrogens is 328 g/mol. The normalized spacial score (nSPS) is 16.9. The van der Waals surface area contributed by atoms with E-state index in [4.69, 9.17) is 4.74 Å². The van der Waals surface area contributed by atoms with Crippen molar-refractivity contribution in [2.75, 3.05) is 19.7 Å². The number of halogens is 1. The van der Waals surface area contributed by atoms with Crippen molar-refractivity contribution >= 4 is 23.4 Å². The molecule has 0 aliphatic carbocycles. The monoisotopic (exact) mass is 346 g/mol. The third kappa shape index (κ3) is 3.29. The minimum atomic E-state index is 0. The second-order valence-corrected chi connectivity index (χ2v) is 5.90. The zero-order valence-electron chi connectivity index (χ0n) is 13.0. The van der Waals surface area contributed by atoms with Crippen LogP contribution in [0.4, 0.5) is 0 Å². The first-order valence-electron chi connectivity index (χ1n) is 7.77. The van der Waals surface area contributed by atoms with Gasteiger partial charge in [-0.25, -0.2) is 0 Å². The summed E-state index contributed by atoms with van der Waals surface area (Å²) < 4.78 is 6.04. The number of aromatic hydroxyl groups is 1. The maximum atomic E-state index is 9.45. The number of ether oxygens (including phenoxy) is 1. The molecule has 1 atom stereocenters. The van der Waals surface area contributed by atoms with Gasteiger partial charge in [-0.1, -0.05) is 17.3 Å². The molecule has 0 amide bonds. The van der Waals surface area contributed by atoms with Gasteiger partial charge in [0.25, 0.3) is 0 Å². The van der Waals surface area contributed by atoms with Crippen LogP contribution in [0.2, 0.25) is 0 Å². The smallest absolute Gasteiger partial charge is 0.154 e. The fourth-order valence-corrected chi connectivity index (χ4v) is 2.92. The Bertz CT molecular complexity index is 813. The highest BCUT2D eigenvalue weighted by Crippen LogP contribution is 2.31. The largest absolute Gasteiger partial charge is 0.508 e. The predicted molar refractivity (Wildman–Crippen MR) is 94.7 cm³/mol. The molecule has 6 nitrogen and oxygen atoms in total. The Kier molecular flexibility index (Phi) is 4.87. The van der Waals surface area contributed by atoms with E-state index in [1.807, 2.05) is 24.3 Å². The van der Waals surface area contributed by atoms with Gasteiger partial charge in [-0.2, -0.15) is 0 Å². The number of fused-ring (bicyclic) bond motifs is 1. The lowest BCUT2D eigenvalue weighted by molar-refractivity contribution is 0.262. The van der Waals surface area contributed by atoms with E-state index in [0.29, 0.717) is 12.5 Å². The molecule has 4 rings (SSSR count). The molecule has 2 heterocycles. The number of aromatic amines is 1. The Morgan fingerprint density at radius 1 is 1.17 bits per heavy atom. The molecule has 1 aliphatic rings. The van der Waals surface area contributed by atoms with Crippen LogP contribution in [0.25, 0.3) is 22.2 Å². The van der Waals surface area contributed by atoms with Crippen LogP contribution in [0.3, 0.4) is 0 Å². The number of hydrogen-bond donors (Lipinski definition) is 3. The van der Waals surface area contributed by atoms with Crippen LogP contribution in [-0.2, 0) is 0 Å². The van der Waals surface area contributed by atoms with Crippen molar-refractivity contribution in [2.45, 2.75) is 6.42 Å². The van der Waals surface area contributed by atoms with E-state index in [1.165, 1.54) is 0 Å². The number of H-pyrrole nitrogens is 1. The van der Waals surface area contributed by atoms with Gasteiger partial charge in [0.1, 0.15) is 11.5 Å². The second-order valence-electron chi connectivity index (χ2n) is 5.90. The summed E-state index contributed by atoms with van der Waals surface area (Å²) in [6.07, 6.45) is 1.14. The summed E-state index contributed by atoms with van der Waals surface area (Å²) in [4.78, 5) is 0. The number of benzene rings is 2. The van der Waals surface area contributed by atoms with Gasteiger partial charge in [-0.15, -0.1) is 17.5 Å². The summed E-state index contributed by atoms with van der Waals surface area (Å²) >= 11 is 0. The van der Waals surface area contributed by atoms with E-state index in [2.05, 4.69) is 20.7 Å². The number of phenols is 1. The van der Waals surface area contributed by atoms with Gasteiger partial charge in [-0.05, 0) is 48.4 Å². The Hall–Kier alpha value is -2.31. The predicted octanol–water partition coefficient (Wildman–Crippen LogP) is 2.74. The number of hydrogen-bond acceptors (Lipinski definition) is 5. The molecule has 0 radical (unpaired) electrons. The average Bonchev–Trinajstić information content (AvgIpc) is 3.24. The van der Waals surface area contributed by atoms with Crippen LogP contribution in [0.1, 0.15) is 6.42 Å². The van der Waals surface area contributed by atoms with Crippen LogP contribution in [0.5, 0.6) is 11.5 Å². The molecular formula is C17H19ClN4O2. The standard InChI is InChI=1S/C17H18N4O2.ClH/c22-14-3-1-12(2-4-14)13-7-15-17(20-21-19-15)16(8-13)23-10-11-5-6-18-9-11;/h1-4,7-8,11,18,22H,5-6,9-10H2,(H,19,20,21);1H/t11-;/m0./s1. The zero-order valence-corrected chi connectivity index (χ0v) is 13.8. The van der Waals surface area contributed by atoms with Gasteiger partial charge in [0.15, 0.2) is 5.52 Å². The quantitative estimate of drug-likeness (QED) is 0.676. The molecule has 1 aliphatic heterocycles. The summed E-state index contributed by atoms with van der Waals surface area (Å²) in [6, 6.07) is 11.1. The van der Waals surface area contributed by atoms with E-state index < -0.39 is 0 Å². The first-order valence-corrected chi connectivity index (χ1v) is 7.77. The fraction of sp³-hybridized carbons (Fsp3) is 0.294. The molecule has 1 aromatic heterocycles. The fourth-order valence-electron chi connectivity index (χ4n) is 2.92. The minimum absolute atomic E-state index is 0. The summed E-state index contributed by atoms with van der Waals surface area (Å²) in [5.41, 5.74) is 3.60. The number of aromatic nitrogens is 3. The molecule has 3 aromatic rings. The van der Waals surface area contributed by atoms with E-state index in [0.717, 1.165) is 47.4 Å². The highest BCUT2D eigenvalue weighted by Gasteiger charge is 2.17. The molecule has 3 N–H and O–H groups in total. The van der Waals surface area contributed by atoms with E-state index in [1.54, 1.807) is 12.1 Å². The summed E-state index contributed by atoms with van der Waals surface area (Å²) in [6.45, 7) is 2.73. The first kappa shape index (κ1) is 16.5. The molecule has 7 heteroatoms. The lowest BCUT2D eigenvalue weighted by Gasteiger charge is -2.12. The van der Waals surface area contributed by atoms with Crippen molar-refractivity contribution in [2.24, 2.45) is 5.92 Å². The lowest BCUT2D eigenvalue weighted by Crippen LogP contribution is -2.15. The number of rotatable bonds is 4. The number of phenolic OH excluding ortho intramolecular Hbond substituents is 1. The zero-order chi connectivity index (χ0) is 15.6. The summed E-state index contributed by atoms with van der Waals surface area (Å²) in [5.74, 6) is 1.53. The molecule has 24 heavy (non-hydrogen) atoms. The van der Waals surface area contributed by atoms with Crippen molar-refractivity contribution in [1.82, 2.24) is 20.7 Å². The van der Waals surface area contributed by atoms with Crippen molar-refractivity contribution in [3.05, 3.63) is 36.4 Å². The van der Waals surface area contributed by atoms with Gasteiger partial charge in [0.05, 0.1) is 12.1 Å². The molecule has 0 spiro atoms. The molecule has 0 saturated carbocycles. The van der Waals surface area contributed by atoms with Gasteiger partial charge in [0, 0.05) is 12.5 Å². The molecule has 0 unspecified atom stereocenters. The second kappa shape index (κ2) is 7.07. The van der Waals surface area contributed by atoms with Crippen LogP contribution in [0, 0.1) is 5.92 Å². The molecule has 1 fully saturated rings. The Labute approximate surface area is 145 Å². The molecule has 1 saturated heterocycles. The molecule has 126 valence electrons. The van der Waals surface area contributed by atoms with Gasteiger partial charge in [-0.3, -0.25) is 5.10 Å². The Morgan fingerprint density at radius 3 is 2.75 bits per heavy atom. The summed E-state index contributed by atoms with van der Waals surface area (Å²) in [5, 5.41) is 23.7. The minimum Gasteiger partial charge on any atom is -0.508 e. The van der Waals surface area contributed by atoms with E-state index >= 15 is 0 Å². The van der Waals surface area contributed by atoms with Crippen molar-refractivity contribution < 1.29 is 9.84 Å². The highest BCUT2D eigenvalue weighted by atomic mass is 35.5. The van der Waals surface area contributed by atoms with Crippen molar-refractivity contribution in [3.63, 3.8) is 0 Å². The number of nitrogens with one attached hydrogen (secondary N) is 2. The Morgan fingerprint density at radius 2 is 2.00 bits per heavy atom. The van der Waals surface area contributed by atoms with Crippen LogP contribution >= 0.6 is 12.4 Å². The van der Waals surface area contributed by atoms with Gasteiger partial charge in [0.2, 0.25) is 0 Å². The highest BCUT2D eigenvalue weighted by molar-refractivity contribution is 5.86. The topological polar surface area (TPSA) is 83.1 Å². The van der Waals surface area contributed by atoms with E-state index in [-0.39, 0.29) is 18.2 Å². The third-order valence-corrected chi connectivity index (χ3v) is 4.23. The van der Waals surface area contributed by atoms with Crippen LogP contribution in [-0.4, -0.2) is 40.2 Å². The molecule has 2 aromatic carbocycles. The molecule has 0 bridgehead atoms. The number of nitrogens with zero attached hydrogens (tertiary/aromatic N) is 2. The SMILES string of the molecule is Cl.Oc1ccc(-c2cc(OC[C@H]3CCNC3)c3nn[nH]c3c2)cc1. The van der Waals surface area contributed by atoms with Crippen molar-refractivity contribution in [3.8, 4) is 22.6 Å². The van der Waals surface area contributed by atoms with Crippen LogP contribution < -0.4 is 10.1 Å². The maximum absolute atomic E-state index is 9.45. The van der Waals surface area contributed by atoms with Crippen molar-refractivity contribution in [1.29, 1.82) is 0 Å². The van der Waals surface area contributed by atoms with E-state index in [9.17, 15) is 5.11 Å². The average molecular weight is 347 g/mol. The Balaban J connectivity index is 0.00000169. The van der Waals surface area contributed by atoms with Crippen LogP contribution in [0.15, 0.2) is 36.4 Å². The third-order valence-electron chi connectivity index (χ3n) is 4.23. The summed E-state index contributed by atoms with van der Waals surface area (Å²) in [7, 11) is 0. The first-order chi connectivity index (χ1) is 11.3. The maximum Gasteiger partial charge on any atom is 0.154 e. The van der Waals surface area contributed by atoms with Gasteiger partial charge >= 0.3 is 0 Å². The lowest BCUT2D eigenvalue weighted by atomic mass is 10.0.